The van der Waals surface area contributed by atoms with Crippen molar-refractivity contribution in [1.82, 2.24) is 10.4 Å². The molecule has 0 radical (unpaired) electrons. The molecule has 1 saturated heterocycles. The van der Waals surface area contributed by atoms with E-state index in [1.165, 1.54) is 0 Å². The molecular formula is C17H21ClN2O3. The number of nitrogens with zero attached hydrogens (tertiary/aromatic N) is 1. The lowest BCUT2D eigenvalue weighted by molar-refractivity contribution is 0.0966. The number of amides is 1. The number of fused-ring (bicyclic) bond motifs is 1. The molecule has 2 aliphatic rings. The number of nitrogens with one attached hydrogen (secondary N) is 1. The second kappa shape index (κ2) is 6.42. The Morgan fingerprint density at radius 2 is 2.17 bits per heavy atom. The Hall–Kier alpha value is -1.72. The Morgan fingerprint density at radius 3 is 2.87 bits per heavy atom. The van der Waals surface area contributed by atoms with Gasteiger partial charge in [0.2, 0.25) is 0 Å². The van der Waals surface area contributed by atoms with Gasteiger partial charge in [-0.3, -0.25) is 0 Å². The molecule has 0 unspecified atom stereocenters. The van der Waals surface area contributed by atoms with Crippen molar-refractivity contribution in [2.75, 3.05) is 13.2 Å². The van der Waals surface area contributed by atoms with E-state index in [2.05, 4.69) is 25.9 Å². The predicted molar refractivity (Wildman–Crippen MR) is 88.3 cm³/mol. The molecule has 124 valence electrons. The van der Waals surface area contributed by atoms with Crippen molar-refractivity contribution in [3.8, 4) is 5.75 Å². The molecule has 6 heteroatoms. The van der Waals surface area contributed by atoms with E-state index in [0.29, 0.717) is 18.2 Å². The fourth-order valence-corrected chi connectivity index (χ4v) is 3.18. The lowest BCUT2D eigenvalue weighted by Gasteiger charge is -2.36. The third-order valence-electron chi connectivity index (χ3n) is 4.42. The summed E-state index contributed by atoms with van der Waals surface area (Å²) in [4.78, 5) is 12.1. The van der Waals surface area contributed by atoms with Gasteiger partial charge in [0.25, 0.3) is 0 Å². The molecule has 2 aliphatic heterocycles. The summed E-state index contributed by atoms with van der Waals surface area (Å²) in [6.45, 7) is 8.93. The van der Waals surface area contributed by atoms with Gasteiger partial charge in [0.05, 0.1) is 18.7 Å². The zero-order valence-corrected chi connectivity index (χ0v) is 14.0. The van der Waals surface area contributed by atoms with Crippen LogP contribution in [0.25, 0.3) is 0 Å². The van der Waals surface area contributed by atoms with Crippen LogP contribution in [0.2, 0.25) is 5.02 Å². The third kappa shape index (κ3) is 3.03. The van der Waals surface area contributed by atoms with Crippen molar-refractivity contribution < 1.29 is 14.3 Å². The average Bonchev–Trinajstić information content (AvgIpc) is 2.89. The minimum Gasteiger partial charge on any atom is -0.493 e. The minimum atomic E-state index is -0.346. The molecule has 0 aliphatic carbocycles. The van der Waals surface area contributed by atoms with Gasteiger partial charge in [-0.05, 0) is 24.1 Å². The fraction of sp³-hybridized carbons (Fsp3) is 0.471. The quantitative estimate of drug-likeness (QED) is 0.854. The van der Waals surface area contributed by atoms with Crippen molar-refractivity contribution in [3.63, 3.8) is 0 Å². The van der Waals surface area contributed by atoms with E-state index in [-0.39, 0.29) is 30.0 Å². The molecule has 0 aromatic heterocycles. The summed E-state index contributed by atoms with van der Waals surface area (Å²) >= 11 is 6.14. The number of hydrogen-bond donors (Lipinski definition) is 1. The standard InChI is InChI=1S/C17H21ClN2O3/c1-4-11-8-22-15-6-5-12(18)7-13(15)16(11)19-20-14(10(2)3)9-23-17(20)21/h4-7,10-11,14,16,19H,1,8-9H2,2-3H3/t11-,14+,16-/m0/s1. The van der Waals surface area contributed by atoms with Crippen LogP contribution in [-0.2, 0) is 4.74 Å². The number of cyclic esters (lactones) is 1. The van der Waals surface area contributed by atoms with Crippen LogP contribution in [0.1, 0.15) is 25.5 Å². The second-order valence-electron chi connectivity index (χ2n) is 6.26. The highest BCUT2D eigenvalue weighted by atomic mass is 35.5. The van der Waals surface area contributed by atoms with Gasteiger partial charge in [0.15, 0.2) is 0 Å². The third-order valence-corrected chi connectivity index (χ3v) is 4.66. The highest BCUT2D eigenvalue weighted by molar-refractivity contribution is 6.30. The van der Waals surface area contributed by atoms with Crippen molar-refractivity contribution in [2.45, 2.75) is 25.9 Å². The SMILES string of the molecule is C=C[C@H]1COc2ccc(Cl)cc2[C@H]1NN1C(=O)OC[C@@H]1C(C)C. The van der Waals surface area contributed by atoms with Crippen LogP contribution < -0.4 is 10.2 Å². The summed E-state index contributed by atoms with van der Waals surface area (Å²) in [5, 5.41) is 2.23. The molecular weight excluding hydrogens is 316 g/mol. The van der Waals surface area contributed by atoms with Crippen molar-refractivity contribution >= 4 is 17.7 Å². The number of carbonyl (C=O) groups is 1. The van der Waals surface area contributed by atoms with Gasteiger partial charge >= 0.3 is 6.09 Å². The Bertz CT molecular complexity index is 620. The van der Waals surface area contributed by atoms with Crippen LogP contribution in [0.5, 0.6) is 5.75 Å². The molecule has 5 nitrogen and oxygen atoms in total. The van der Waals surface area contributed by atoms with Gasteiger partial charge in [-0.25, -0.2) is 15.2 Å². The number of ether oxygens (including phenoxy) is 2. The van der Waals surface area contributed by atoms with Gasteiger partial charge in [-0.1, -0.05) is 31.5 Å². The monoisotopic (exact) mass is 336 g/mol. The van der Waals surface area contributed by atoms with Crippen LogP contribution in [-0.4, -0.2) is 30.4 Å². The minimum absolute atomic E-state index is 0.00144. The van der Waals surface area contributed by atoms with Crippen molar-refractivity contribution in [3.05, 3.63) is 41.4 Å². The summed E-state index contributed by atoms with van der Waals surface area (Å²) in [6.07, 6.45) is 1.49. The van der Waals surface area contributed by atoms with Gasteiger partial charge in [0.1, 0.15) is 12.4 Å². The number of hydrazine groups is 1. The molecule has 1 amide bonds. The van der Waals surface area contributed by atoms with Gasteiger partial charge in [-0.2, -0.15) is 0 Å². The lowest BCUT2D eigenvalue weighted by atomic mass is 9.91. The summed E-state index contributed by atoms with van der Waals surface area (Å²) in [5.41, 5.74) is 4.26. The molecule has 23 heavy (non-hydrogen) atoms. The first-order valence-corrected chi connectivity index (χ1v) is 8.16. The molecule has 1 aromatic rings. The first-order valence-electron chi connectivity index (χ1n) is 7.78. The van der Waals surface area contributed by atoms with E-state index >= 15 is 0 Å². The van der Waals surface area contributed by atoms with E-state index in [4.69, 9.17) is 21.1 Å². The maximum Gasteiger partial charge on any atom is 0.424 e. The van der Waals surface area contributed by atoms with Gasteiger partial charge in [-0.15, -0.1) is 6.58 Å². The lowest BCUT2D eigenvalue weighted by Crippen LogP contribution is -2.51. The predicted octanol–water partition coefficient (Wildman–Crippen LogP) is 3.56. The van der Waals surface area contributed by atoms with E-state index in [1.807, 2.05) is 18.2 Å². The Morgan fingerprint density at radius 1 is 1.39 bits per heavy atom. The molecule has 0 spiro atoms. The average molecular weight is 337 g/mol. The number of benzene rings is 1. The molecule has 2 heterocycles. The second-order valence-corrected chi connectivity index (χ2v) is 6.69. The number of rotatable bonds is 4. The van der Waals surface area contributed by atoms with Gasteiger partial charge in [0, 0.05) is 16.5 Å². The molecule has 3 atom stereocenters. The van der Waals surface area contributed by atoms with Crippen LogP contribution >= 0.6 is 11.6 Å². The first kappa shape index (κ1) is 16.1. The largest absolute Gasteiger partial charge is 0.493 e. The number of halogens is 1. The first-order chi connectivity index (χ1) is 11.0. The van der Waals surface area contributed by atoms with E-state index in [9.17, 15) is 4.79 Å². The number of carbonyl (C=O) groups excluding carboxylic acids is 1. The Balaban J connectivity index is 1.92. The van der Waals surface area contributed by atoms with Crippen LogP contribution in [0.15, 0.2) is 30.9 Å². The van der Waals surface area contributed by atoms with Crippen molar-refractivity contribution in [2.24, 2.45) is 11.8 Å². The molecule has 1 aromatic carbocycles. The Kier molecular flexibility index (Phi) is 4.50. The zero-order chi connectivity index (χ0) is 16.6. The van der Waals surface area contributed by atoms with Gasteiger partial charge < -0.3 is 9.47 Å². The van der Waals surface area contributed by atoms with Crippen LogP contribution in [0, 0.1) is 11.8 Å². The van der Waals surface area contributed by atoms with Crippen LogP contribution in [0.4, 0.5) is 4.79 Å². The summed E-state index contributed by atoms with van der Waals surface area (Å²) < 4.78 is 11.0. The molecule has 0 saturated carbocycles. The summed E-state index contributed by atoms with van der Waals surface area (Å²) in [6, 6.07) is 5.39. The molecule has 1 fully saturated rings. The molecule has 1 N–H and O–H groups in total. The Labute approximate surface area is 141 Å². The highest BCUT2D eigenvalue weighted by Crippen LogP contribution is 2.38. The van der Waals surface area contributed by atoms with E-state index < -0.39 is 0 Å². The topological polar surface area (TPSA) is 50.8 Å². The molecule has 3 rings (SSSR count). The maximum atomic E-state index is 12.1. The fourth-order valence-electron chi connectivity index (χ4n) is 3.00. The molecule has 0 bridgehead atoms. The highest BCUT2D eigenvalue weighted by Gasteiger charge is 2.39. The normalized spacial score (nSPS) is 26.7. The summed E-state index contributed by atoms with van der Waals surface area (Å²) in [5.74, 6) is 1.09. The van der Waals surface area contributed by atoms with Crippen LogP contribution in [0.3, 0.4) is 0 Å². The number of hydrogen-bond acceptors (Lipinski definition) is 4. The van der Waals surface area contributed by atoms with E-state index in [1.54, 1.807) is 11.1 Å². The smallest absolute Gasteiger partial charge is 0.424 e. The van der Waals surface area contributed by atoms with Crippen molar-refractivity contribution in [1.29, 1.82) is 0 Å². The van der Waals surface area contributed by atoms with E-state index in [0.717, 1.165) is 11.3 Å². The summed E-state index contributed by atoms with van der Waals surface area (Å²) in [7, 11) is 0. The zero-order valence-electron chi connectivity index (χ0n) is 13.3. The maximum absolute atomic E-state index is 12.1.